The van der Waals surface area contributed by atoms with E-state index in [0.717, 1.165) is 17.0 Å². The van der Waals surface area contributed by atoms with E-state index in [9.17, 15) is 4.79 Å². The van der Waals surface area contributed by atoms with Gasteiger partial charge >= 0.3 is 0 Å². The van der Waals surface area contributed by atoms with Crippen molar-refractivity contribution < 1.29 is 4.79 Å². The van der Waals surface area contributed by atoms with E-state index in [1.54, 1.807) is 17.8 Å². The average molecular weight is 261 g/mol. The first-order valence-electron chi connectivity index (χ1n) is 5.87. The molecule has 0 spiro atoms. The molecule has 4 nitrogen and oxygen atoms in total. The maximum Gasteiger partial charge on any atom is 0.270 e. The number of rotatable bonds is 4. The first-order chi connectivity index (χ1) is 8.70. The monoisotopic (exact) mass is 261 g/mol. The minimum absolute atomic E-state index is 0.110. The smallest absolute Gasteiger partial charge is 0.270 e. The van der Waals surface area contributed by atoms with E-state index in [2.05, 4.69) is 15.3 Å². The highest BCUT2D eigenvalue weighted by molar-refractivity contribution is 7.13. The van der Waals surface area contributed by atoms with Crippen molar-refractivity contribution in [1.82, 2.24) is 15.3 Å². The largest absolute Gasteiger partial charge is 0.348 e. The molecule has 1 N–H and O–H groups in total. The summed E-state index contributed by atoms with van der Waals surface area (Å²) in [5.41, 5.74) is 1.46. The molecule has 2 aromatic rings. The van der Waals surface area contributed by atoms with Crippen LogP contribution in [0.15, 0.2) is 29.9 Å². The quantitative estimate of drug-likeness (QED) is 0.920. The number of carbonyl (C=O) groups excluding carboxylic acids is 1. The Labute approximate surface area is 110 Å². The minimum atomic E-state index is -0.110. The van der Waals surface area contributed by atoms with Gasteiger partial charge in [-0.3, -0.25) is 9.78 Å². The number of nitrogens with one attached hydrogen (secondary N) is 1. The van der Waals surface area contributed by atoms with Crippen molar-refractivity contribution in [3.05, 3.63) is 35.6 Å². The molecule has 1 atom stereocenters. The SMILES string of the molecule is CCC(C)NC(=O)c1csc(-c2ccncc2)n1. The van der Waals surface area contributed by atoms with Gasteiger partial charge in [0.2, 0.25) is 0 Å². The normalized spacial score (nSPS) is 12.1. The van der Waals surface area contributed by atoms with Crippen molar-refractivity contribution in [1.29, 1.82) is 0 Å². The van der Waals surface area contributed by atoms with Crippen LogP contribution in [0.4, 0.5) is 0 Å². The highest BCUT2D eigenvalue weighted by atomic mass is 32.1. The first kappa shape index (κ1) is 12.7. The summed E-state index contributed by atoms with van der Waals surface area (Å²) in [5.74, 6) is -0.110. The minimum Gasteiger partial charge on any atom is -0.348 e. The summed E-state index contributed by atoms with van der Waals surface area (Å²) in [6, 6.07) is 3.94. The number of nitrogens with zero attached hydrogens (tertiary/aromatic N) is 2. The second kappa shape index (κ2) is 5.73. The molecule has 0 saturated carbocycles. The van der Waals surface area contributed by atoms with Crippen LogP contribution in [0, 0.1) is 0 Å². The average Bonchev–Trinajstić information content (AvgIpc) is 2.89. The summed E-state index contributed by atoms with van der Waals surface area (Å²) in [5, 5.41) is 5.53. The first-order valence-corrected chi connectivity index (χ1v) is 6.75. The number of aromatic nitrogens is 2. The lowest BCUT2D eigenvalue weighted by Gasteiger charge is -2.09. The van der Waals surface area contributed by atoms with Crippen LogP contribution in [-0.2, 0) is 0 Å². The van der Waals surface area contributed by atoms with Crippen molar-refractivity contribution in [3.8, 4) is 10.6 Å². The van der Waals surface area contributed by atoms with Crippen LogP contribution in [0.25, 0.3) is 10.6 Å². The van der Waals surface area contributed by atoms with Gasteiger partial charge < -0.3 is 5.32 Å². The molecule has 0 fully saturated rings. The molecule has 0 aliphatic rings. The van der Waals surface area contributed by atoms with Gasteiger partial charge in [0, 0.05) is 29.4 Å². The van der Waals surface area contributed by atoms with Crippen molar-refractivity contribution in [2.75, 3.05) is 0 Å². The van der Waals surface area contributed by atoms with Gasteiger partial charge in [0.1, 0.15) is 10.7 Å². The second-order valence-electron chi connectivity index (χ2n) is 4.06. The lowest BCUT2D eigenvalue weighted by molar-refractivity contribution is 0.0935. The number of hydrogen-bond donors (Lipinski definition) is 1. The van der Waals surface area contributed by atoms with E-state index < -0.39 is 0 Å². The van der Waals surface area contributed by atoms with Crippen LogP contribution in [-0.4, -0.2) is 21.9 Å². The predicted molar refractivity (Wildman–Crippen MR) is 72.6 cm³/mol. The summed E-state index contributed by atoms with van der Waals surface area (Å²) in [7, 11) is 0. The third-order valence-electron chi connectivity index (χ3n) is 2.65. The number of carbonyl (C=O) groups is 1. The van der Waals surface area contributed by atoms with Gasteiger partial charge in [0.05, 0.1) is 0 Å². The Morgan fingerprint density at radius 1 is 1.44 bits per heavy atom. The van der Waals surface area contributed by atoms with Gasteiger partial charge in [0.15, 0.2) is 0 Å². The van der Waals surface area contributed by atoms with E-state index in [0.29, 0.717) is 5.69 Å². The molecule has 0 aliphatic carbocycles. The van der Waals surface area contributed by atoms with Crippen molar-refractivity contribution in [2.24, 2.45) is 0 Å². The lowest BCUT2D eigenvalue weighted by Crippen LogP contribution is -2.32. The molecular formula is C13H15N3OS. The fraction of sp³-hybridized carbons (Fsp3) is 0.308. The molecule has 0 radical (unpaired) electrons. The van der Waals surface area contributed by atoms with Crippen LogP contribution in [0.3, 0.4) is 0 Å². The van der Waals surface area contributed by atoms with Crippen LogP contribution in [0.1, 0.15) is 30.8 Å². The van der Waals surface area contributed by atoms with Gasteiger partial charge in [0.25, 0.3) is 5.91 Å². The molecule has 1 unspecified atom stereocenters. The number of hydrogen-bond acceptors (Lipinski definition) is 4. The fourth-order valence-electron chi connectivity index (χ4n) is 1.40. The van der Waals surface area contributed by atoms with Gasteiger partial charge in [-0.1, -0.05) is 6.92 Å². The molecule has 2 rings (SSSR count). The maximum atomic E-state index is 11.9. The Balaban J connectivity index is 2.13. The molecule has 1 amide bonds. The van der Waals surface area contributed by atoms with Gasteiger partial charge in [-0.2, -0.15) is 0 Å². The molecule has 2 aromatic heterocycles. The molecule has 2 heterocycles. The predicted octanol–water partition coefficient (Wildman–Crippen LogP) is 2.73. The standard InChI is InChI=1S/C13H15N3OS/c1-3-9(2)15-12(17)11-8-18-13(16-11)10-4-6-14-7-5-10/h4-9H,3H2,1-2H3,(H,15,17). The van der Waals surface area contributed by atoms with Crippen molar-refractivity contribution in [2.45, 2.75) is 26.3 Å². The molecule has 0 saturated heterocycles. The fourth-order valence-corrected chi connectivity index (χ4v) is 2.21. The number of pyridine rings is 1. The van der Waals surface area contributed by atoms with Crippen LogP contribution >= 0.6 is 11.3 Å². The summed E-state index contributed by atoms with van der Waals surface area (Å²) in [4.78, 5) is 20.2. The second-order valence-corrected chi connectivity index (χ2v) is 4.91. The zero-order chi connectivity index (χ0) is 13.0. The number of thiazole rings is 1. The highest BCUT2D eigenvalue weighted by Gasteiger charge is 2.13. The van der Waals surface area contributed by atoms with Crippen LogP contribution in [0.2, 0.25) is 0 Å². The van der Waals surface area contributed by atoms with Gasteiger partial charge in [-0.15, -0.1) is 11.3 Å². The van der Waals surface area contributed by atoms with Gasteiger partial charge in [-0.05, 0) is 25.5 Å². The van der Waals surface area contributed by atoms with E-state index in [-0.39, 0.29) is 11.9 Å². The molecule has 0 aromatic carbocycles. The lowest BCUT2D eigenvalue weighted by atomic mass is 10.2. The van der Waals surface area contributed by atoms with E-state index >= 15 is 0 Å². The third-order valence-corrected chi connectivity index (χ3v) is 3.55. The molecule has 18 heavy (non-hydrogen) atoms. The van der Waals surface area contributed by atoms with Crippen LogP contribution in [0.5, 0.6) is 0 Å². The van der Waals surface area contributed by atoms with Gasteiger partial charge in [-0.25, -0.2) is 4.98 Å². The molecule has 0 bridgehead atoms. The van der Waals surface area contributed by atoms with E-state index in [1.165, 1.54) is 11.3 Å². The molecule has 94 valence electrons. The molecular weight excluding hydrogens is 246 g/mol. The summed E-state index contributed by atoms with van der Waals surface area (Å²) in [6.07, 6.45) is 4.35. The maximum absolute atomic E-state index is 11.9. The Morgan fingerprint density at radius 2 is 2.17 bits per heavy atom. The Bertz CT molecular complexity index is 524. The van der Waals surface area contributed by atoms with E-state index in [1.807, 2.05) is 26.0 Å². The Morgan fingerprint density at radius 3 is 2.83 bits per heavy atom. The highest BCUT2D eigenvalue weighted by Crippen LogP contribution is 2.22. The van der Waals surface area contributed by atoms with Crippen LogP contribution < -0.4 is 5.32 Å². The summed E-state index contributed by atoms with van der Waals surface area (Å²) < 4.78 is 0. The zero-order valence-electron chi connectivity index (χ0n) is 10.4. The number of amides is 1. The summed E-state index contributed by atoms with van der Waals surface area (Å²) in [6.45, 7) is 4.02. The van der Waals surface area contributed by atoms with E-state index in [4.69, 9.17) is 0 Å². The molecule has 0 aliphatic heterocycles. The van der Waals surface area contributed by atoms with Crippen molar-refractivity contribution in [3.63, 3.8) is 0 Å². The van der Waals surface area contributed by atoms with Crippen molar-refractivity contribution >= 4 is 17.2 Å². The summed E-state index contributed by atoms with van der Waals surface area (Å²) >= 11 is 1.47. The third kappa shape index (κ3) is 2.92. The Kier molecular flexibility index (Phi) is 4.04. The molecule has 5 heteroatoms. The topological polar surface area (TPSA) is 54.9 Å². The Hall–Kier alpha value is -1.75. The zero-order valence-corrected chi connectivity index (χ0v) is 11.2.